The van der Waals surface area contributed by atoms with Crippen LogP contribution in [0.2, 0.25) is 0 Å². The number of carbonyl (C=O) groups is 1. The summed E-state index contributed by atoms with van der Waals surface area (Å²) in [5.74, 6) is 1.88. The second kappa shape index (κ2) is 8.76. The summed E-state index contributed by atoms with van der Waals surface area (Å²) in [6.07, 6.45) is 3.57. The molecule has 0 saturated heterocycles. The minimum atomic E-state index is -0.107. The van der Waals surface area contributed by atoms with Crippen molar-refractivity contribution < 1.29 is 14.3 Å². The van der Waals surface area contributed by atoms with Gasteiger partial charge in [0, 0.05) is 18.8 Å². The number of methoxy groups -OCH3 is 2. The highest BCUT2D eigenvalue weighted by Crippen LogP contribution is 2.30. The predicted molar refractivity (Wildman–Crippen MR) is 94.3 cm³/mol. The molecule has 0 spiro atoms. The molecule has 1 aromatic carbocycles. The number of pyridine rings is 1. The Kier molecular flexibility index (Phi) is 6.42. The summed E-state index contributed by atoms with van der Waals surface area (Å²) in [5.41, 5.74) is 1.31. The summed E-state index contributed by atoms with van der Waals surface area (Å²) >= 11 is 0. The van der Waals surface area contributed by atoms with E-state index in [0.29, 0.717) is 29.4 Å². The van der Waals surface area contributed by atoms with Crippen LogP contribution < -0.4 is 20.1 Å². The molecule has 2 N–H and O–H groups in total. The first-order valence-electron chi connectivity index (χ1n) is 7.91. The van der Waals surface area contributed by atoms with Gasteiger partial charge in [0.15, 0.2) is 0 Å². The summed E-state index contributed by atoms with van der Waals surface area (Å²) in [7, 11) is 3.20. The van der Waals surface area contributed by atoms with Gasteiger partial charge in [0.25, 0.3) is 5.91 Å². The van der Waals surface area contributed by atoms with Crippen LogP contribution in [-0.4, -0.2) is 31.7 Å². The Balaban J connectivity index is 2.05. The van der Waals surface area contributed by atoms with E-state index >= 15 is 0 Å². The van der Waals surface area contributed by atoms with Gasteiger partial charge in [-0.05, 0) is 30.7 Å². The number of hydrogen-bond donors (Lipinski definition) is 2. The zero-order chi connectivity index (χ0) is 17.4. The van der Waals surface area contributed by atoms with Crippen molar-refractivity contribution in [2.45, 2.75) is 19.8 Å². The fourth-order valence-corrected chi connectivity index (χ4v) is 2.12. The maximum Gasteiger partial charge on any atom is 0.252 e. The van der Waals surface area contributed by atoms with Gasteiger partial charge in [0.2, 0.25) is 0 Å². The molecule has 0 unspecified atom stereocenters. The van der Waals surface area contributed by atoms with Gasteiger partial charge in [-0.1, -0.05) is 13.3 Å². The monoisotopic (exact) mass is 329 g/mol. The molecule has 6 heteroatoms. The maximum atomic E-state index is 12.0. The van der Waals surface area contributed by atoms with E-state index in [1.807, 2.05) is 12.1 Å². The lowest BCUT2D eigenvalue weighted by atomic mass is 10.2. The van der Waals surface area contributed by atoms with Crippen molar-refractivity contribution in [3.05, 3.63) is 42.1 Å². The van der Waals surface area contributed by atoms with E-state index in [0.717, 1.165) is 18.5 Å². The zero-order valence-corrected chi connectivity index (χ0v) is 14.3. The number of benzene rings is 1. The average Bonchev–Trinajstić information content (AvgIpc) is 2.62. The van der Waals surface area contributed by atoms with Gasteiger partial charge in [-0.2, -0.15) is 0 Å². The van der Waals surface area contributed by atoms with E-state index in [1.54, 1.807) is 38.6 Å². The lowest BCUT2D eigenvalue weighted by Gasteiger charge is -2.12. The van der Waals surface area contributed by atoms with Crippen LogP contribution in [0.4, 0.5) is 11.5 Å². The van der Waals surface area contributed by atoms with Crippen LogP contribution in [0.1, 0.15) is 30.1 Å². The first-order valence-corrected chi connectivity index (χ1v) is 7.91. The number of anilines is 2. The van der Waals surface area contributed by atoms with Crippen molar-refractivity contribution in [2.75, 3.05) is 26.1 Å². The topological polar surface area (TPSA) is 72.5 Å². The van der Waals surface area contributed by atoms with Crippen molar-refractivity contribution in [1.82, 2.24) is 10.3 Å². The highest BCUT2D eigenvalue weighted by Gasteiger charge is 2.08. The summed E-state index contributed by atoms with van der Waals surface area (Å²) in [4.78, 5) is 16.2. The highest BCUT2D eigenvalue weighted by atomic mass is 16.5. The van der Waals surface area contributed by atoms with Gasteiger partial charge < -0.3 is 20.1 Å². The SMILES string of the molecule is CCCCNC(=O)c1ccc(Nc2ccc(OC)cc2OC)nc1. The van der Waals surface area contributed by atoms with Gasteiger partial charge >= 0.3 is 0 Å². The van der Waals surface area contributed by atoms with Crippen molar-refractivity contribution >= 4 is 17.4 Å². The standard InChI is InChI=1S/C18H23N3O3/c1-4-5-10-19-18(22)13-6-9-17(20-12-13)21-15-8-7-14(23-2)11-16(15)24-3/h6-9,11-12H,4-5,10H2,1-3H3,(H,19,22)(H,20,21). The molecular weight excluding hydrogens is 306 g/mol. The van der Waals surface area contributed by atoms with E-state index in [-0.39, 0.29) is 5.91 Å². The lowest BCUT2D eigenvalue weighted by molar-refractivity contribution is 0.0953. The molecule has 0 fully saturated rings. The van der Waals surface area contributed by atoms with Crippen LogP contribution >= 0.6 is 0 Å². The summed E-state index contributed by atoms with van der Waals surface area (Å²) in [6.45, 7) is 2.76. The second-order valence-corrected chi connectivity index (χ2v) is 5.23. The molecule has 0 radical (unpaired) electrons. The van der Waals surface area contributed by atoms with Gasteiger partial charge in [0.1, 0.15) is 17.3 Å². The zero-order valence-electron chi connectivity index (χ0n) is 14.3. The van der Waals surface area contributed by atoms with Crippen molar-refractivity contribution in [2.24, 2.45) is 0 Å². The molecule has 0 aliphatic carbocycles. The molecule has 0 aliphatic heterocycles. The number of aromatic nitrogens is 1. The third kappa shape index (κ3) is 4.62. The van der Waals surface area contributed by atoms with Crippen molar-refractivity contribution in [1.29, 1.82) is 0 Å². The van der Waals surface area contributed by atoms with Crippen molar-refractivity contribution in [3.8, 4) is 11.5 Å². The molecule has 128 valence electrons. The molecule has 0 bridgehead atoms. The van der Waals surface area contributed by atoms with Crippen LogP contribution in [0.15, 0.2) is 36.5 Å². The minimum Gasteiger partial charge on any atom is -0.497 e. The van der Waals surface area contributed by atoms with E-state index in [4.69, 9.17) is 9.47 Å². The normalized spacial score (nSPS) is 10.1. The fourth-order valence-electron chi connectivity index (χ4n) is 2.12. The number of carbonyl (C=O) groups excluding carboxylic acids is 1. The number of ether oxygens (including phenoxy) is 2. The molecule has 6 nitrogen and oxygen atoms in total. The number of amides is 1. The number of hydrogen-bond acceptors (Lipinski definition) is 5. The number of nitrogens with zero attached hydrogens (tertiary/aromatic N) is 1. The Morgan fingerprint density at radius 1 is 1.17 bits per heavy atom. The number of nitrogens with one attached hydrogen (secondary N) is 2. The van der Waals surface area contributed by atoms with E-state index < -0.39 is 0 Å². The van der Waals surface area contributed by atoms with Crippen LogP contribution in [-0.2, 0) is 0 Å². The van der Waals surface area contributed by atoms with Crippen molar-refractivity contribution in [3.63, 3.8) is 0 Å². The highest BCUT2D eigenvalue weighted by molar-refractivity contribution is 5.94. The van der Waals surface area contributed by atoms with E-state index in [1.165, 1.54) is 0 Å². The summed E-state index contributed by atoms with van der Waals surface area (Å²) < 4.78 is 10.5. The first-order chi connectivity index (χ1) is 11.7. The Hall–Kier alpha value is -2.76. The van der Waals surface area contributed by atoms with Gasteiger partial charge in [-0.15, -0.1) is 0 Å². The largest absolute Gasteiger partial charge is 0.497 e. The van der Waals surface area contributed by atoms with Crippen LogP contribution in [0, 0.1) is 0 Å². The van der Waals surface area contributed by atoms with E-state index in [2.05, 4.69) is 22.5 Å². The van der Waals surface area contributed by atoms with Crippen LogP contribution in [0.25, 0.3) is 0 Å². The van der Waals surface area contributed by atoms with Crippen LogP contribution in [0.3, 0.4) is 0 Å². The summed E-state index contributed by atoms with van der Waals surface area (Å²) in [6, 6.07) is 8.98. The Labute approximate surface area is 142 Å². The van der Waals surface area contributed by atoms with E-state index in [9.17, 15) is 4.79 Å². The second-order valence-electron chi connectivity index (χ2n) is 5.23. The molecule has 1 heterocycles. The minimum absolute atomic E-state index is 0.107. The average molecular weight is 329 g/mol. The maximum absolute atomic E-state index is 12.0. The third-order valence-electron chi connectivity index (χ3n) is 3.51. The van der Waals surface area contributed by atoms with Gasteiger partial charge in [0.05, 0.1) is 25.5 Å². The Morgan fingerprint density at radius 3 is 2.62 bits per heavy atom. The quantitative estimate of drug-likeness (QED) is 0.727. The molecule has 2 aromatic rings. The Morgan fingerprint density at radius 2 is 2.00 bits per heavy atom. The lowest BCUT2D eigenvalue weighted by Crippen LogP contribution is -2.24. The molecule has 24 heavy (non-hydrogen) atoms. The molecular formula is C18H23N3O3. The fraction of sp³-hybridized carbons (Fsp3) is 0.333. The Bertz CT molecular complexity index is 672. The molecule has 2 rings (SSSR count). The summed E-state index contributed by atoms with van der Waals surface area (Å²) in [5, 5.41) is 6.04. The molecule has 0 aliphatic rings. The predicted octanol–water partition coefficient (Wildman–Crippen LogP) is 3.37. The smallest absolute Gasteiger partial charge is 0.252 e. The van der Waals surface area contributed by atoms with Gasteiger partial charge in [-0.3, -0.25) is 4.79 Å². The number of unbranched alkanes of at least 4 members (excludes halogenated alkanes) is 1. The van der Waals surface area contributed by atoms with Gasteiger partial charge in [-0.25, -0.2) is 4.98 Å². The molecule has 0 saturated carbocycles. The molecule has 1 amide bonds. The third-order valence-corrected chi connectivity index (χ3v) is 3.51. The van der Waals surface area contributed by atoms with Crippen LogP contribution in [0.5, 0.6) is 11.5 Å². The molecule has 1 aromatic heterocycles. The first kappa shape index (κ1) is 17.6. The number of rotatable bonds is 8. The molecule has 0 atom stereocenters.